The van der Waals surface area contributed by atoms with Crippen LogP contribution >= 0.6 is 0 Å². The Kier molecular flexibility index (Phi) is 6.95. The number of anilines is 1. The van der Waals surface area contributed by atoms with E-state index in [0.717, 1.165) is 32.2 Å². The summed E-state index contributed by atoms with van der Waals surface area (Å²) < 4.78 is 0. The first kappa shape index (κ1) is 17.1. The SMILES string of the molecule is CCCCCC(CC)C(=O)N1CCCCCc2ccccc21. The number of para-hydroxylation sites is 1. The number of aryl methyl sites for hydroxylation is 1. The lowest BCUT2D eigenvalue weighted by Gasteiger charge is -2.30. The molecule has 1 aromatic carbocycles. The third-order valence-corrected chi connectivity index (χ3v) is 4.87. The van der Waals surface area contributed by atoms with Crippen molar-refractivity contribution in [1.82, 2.24) is 0 Å². The minimum atomic E-state index is 0.194. The second kappa shape index (κ2) is 8.97. The average Bonchev–Trinajstić information content (AvgIpc) is 2.52. The Morgan fingerprint density at radius 2 is 1.95 bits per heavy atom. The van der Waals surface area contributed by atoms with Crippen LogP contribution in [0.25, 0.3) is 0 Å². The molecule has 1 heterocycles. The van der Waals surface area contributed by atoms with Gasteiger partial charge < -0.3 is 4.90 Å². The fraction of sp³-hybridized carbons (Fsp3) is 0.650. The maximum Gasteiger partial charge on any atom is 0.230 e. The number of fused-ring (bicyclic) bond motifs is 1. The van der Waals surface area contributed by atoms with Crippen LogP contribution < -0.4 is 4.90 Å². The van der Waals surface area contributed by atoms with Crippen molar-refractivity contribution < 1.29 is 4.79 Å². The maximum absolute atomic E-state index is 13.1. The largest absolute Gasteiger partial charge is 0.312 e. The van der Waals surface area contributed by atoms with E-state index in [1.54, 1.807) is 0 Å². The molecular formula is C20H31NO. The predicted molar refractivity (Wildman–Crippen MR) is 94.3 cm³/mol. The molecule has 122 valence electrons. The summed E-state index contributed by atoms with van der Waals surface area (Å²) >= 11 is 0. The number of rotatable bonds is 6. The smallest absolute Gasteiger partial charge is 0.230 e. The Morgan fingerprint density at radius 1 is 1.14 bits per heavy atom. The van der Waals surface area contributed by atoms with Gasteiger partial charge >= 0.3 is 0 Å². The lowest BCUT2D eigenvalue weighted by Crippen LogP contribution is -2.38. The molecule has 0 bridgehead atoms. The molecular weight excluding hydrogens is 270 g/mol. The summed E-state index contributed by atoms with van der Waals surface area (Å²) in [5.74, 6) is 0.548. The first-order chi connectivity index (χ1) is 10.8. The molecule has 1 aromatic rings. The van der Waals surface area contributed by atoms with Gasteiger partial charge in [0.1, 0.15) is 0 Å². The van der Waals surface area contributed by atoms with Crippen molar-refractivity contribution in [2.24, 2.45) is 5.92 Å². The number of unbranched alkanes of at least 4 members (excludes halogenated alkanes) is 2. The van der Waals surface area contributed by atoms with Gasteiger partial charge in [0.15, 0.2) is 0 Å². The maximum atomic E-state index is 13.1. The van der Waals surface area contributed by atoms with E-state index in [1.165, 1.54) is 43.4 Å². The van der Waals surface area contributed by atoms with E-state index < -0.39 is 0 Å². The van der Waals surface area contributed by atoms with Gasteiger partial charge in [-0.05, 0) is 43.7 Å². The van der Waals surface area contributed by atoms with Crippen LogP contribution in [0.1, 0.15) is 70.8 Å². The Hall–Kier alpha value is -1.31. The first-order valence-corrected chi connectivity index (χ1v) is 9.17. The van der Waals surface area contributed by atoms with Gasteiger partial charge in [-0.1, -0.05) is 57.7 Å². The van der Waals surface area contributed by atoms with Crippen molar-refractivity contribution in [3.63, 3.8) is 0 Å². The number of amides is 1. The van der Waals surface area contributed by atoms with E-state index >= 15 is 0 Å². The summed E-state index contributed by atoms with van der Waals surface area (Å²) in [4.78, 5) is 15.2. The highest BCUT2D eigenvalue weighted by Crippen LogP contribution is 2.28. The van der Waals surface area contributed by atoms with Crippen LogP contribution in [0.15, 0.2) is 24.3 Å². The molecule has 0 spiro atoms. The Labute approximate surface area is 135 Å². The molecule has 22 heavy (non-hydrogen) atoms. The second-order valence-electron chi connectivity index (χ2n) is 6.53. The van der Waals surface area contributed by atoms with Gasteiger partial charge in [-0.15, -0.1) is 0 Å². The summed E-state index contributed by atoms with van der Waals surface area (Å²) in [7, 11) is 0. The lowest BCUT2D eigenvalue weighted by molar-refractivity contribution is -0.122. The summed E-state index contributed by atoms with van der Waals surface area (Å²) in [5.41, 5.74) is 2.51. The monoisotopic (exact) mass is 301 g/mol. The number of benzene rings is 1. The molecule has 1 unspecified atom stereocenters. The third-order valence-electron chi connectivity index (χ3n) is 4.87. The van der Waals surface area contributed by atoms with Crippen molar-refractivity contribution in [2.45, 2.75) is 71.6 Å². The fourth-order valence-corrected chi connectivity index (χ4v) is 3.46. The standard InChI is InChI=1S/C20H31NO/c1-3-5-7-12-17(4-2)20(22)21-16-11-6-8-13-18-14-9-10-15-19(18)21/h9-10,14-15,17H,3-8,11-13,16H2,1-2H3. The Bertz CT molecular complexity index is 469. The zero-order chi connectivity index (χ0) is 15.8. The van der Waals surface area contributed by atoms with Gasteiger partial charge in [0.2, 0.25) is 5.91 Å². The average molecular weight is 301 g/mol. The first-order valence-electron chi connectivity index (χ1n) is 9.17. The molecule has 1 atom stereocenters. The Morgan fingerprint density at radius 3 is 2.73 bits per heavy atom. The molecule has 0 aromatic heterocycles. The fourth-order valence-electron chi connectivity index (χ4n) is 3.46. The summed E-state index contributed by atoms with van der Waals surface area (Å²) in [6.07, 6.45) is 10.3. The molecule has 2 rings (SSSR count). The van der Waals surface area contributed by atoms with Crippen molar-refractivity contribution in [1.29, 1.82) is 0 Å². The molecule has 2 nitrogen and oxygen atoms in total. The summed E-state index contributed by atoms with van der Waals surface area (Å²) in [6.45, 7) is 5.27. The topological polar surface area (TPSA) is 20.3 Å². The molecule has 2 heteroatoms. The Balaban J connectivity index is 2.16. The molecule has 0 aliphatic carbocycles. The molecule has 0 N–H and O–H groups in total. The predicted octanol–water partition coefficient (Wildman–Crippen LogP) is 5.35. The van der Waals surface area contributed by atoms with Crippen molar-refractivity contribution in [3.05, 3.63) is 29.8 Å². The van der Waals surface area contributed by atoms with Gasteiger partial charge in [0.05, 0.1) is 0 Å². The number of hydrogen-bond acceptors (Lipinski definition) is 1. The zero-order valence-corrected chi connectivity index (χ0v) is 14.3. The minimum absolute atomic E-state index is 0.194. The van der Waals surface area contributed by atoms with Crippen LogP contribution in [0.2, 0.25) is 0 Å². The lowest BCUT2D eigenvalue weighted by atomic mass is 9.95. The summed E-state index contributed by atoms with van der Waals surface area (Å²) in [5, 5.41) is 0. The van der Waals surface area contributed by atoms with E-state index in [-0.39, 0.29) is 5.92 Å². The van der Waals surface area contributed by atoms with Gasteiger partial charge in [-0.3, -0.25) is 4.79 Å². The van der Waals surface area contributed by atoms with Crippen LogP contribution in [0.5, 0.6) is 0 Å². The molecule has 0 radical (unpaired) electrons. The van der Waals surface area contributed by atoms with E-state index in [9.17, 15) is 4.79 Å². The van der Waals surface area contributed by atoms with E-state index in [2.05, 4.69) is 43.0 Å². The van der Waals surface area contributed by atoms with E-state index in [0.29, 0.717) is 5.91 Å². The highest BCUT2D eigenvalue weighted by Gasteiger charge is 2.25. The number of nitrogens with zero attached hydrogens (tertiary/aromatic N) is 1. The van der Waals surface area contributed by atoms with Gasteiger partial charge in [-0.25, -0.2) is 0 Å². The van der Waals surface area contributed by atoms with Crippen molar-refractivity contribution in [2.75, 3.05) is 11.4 Å². The molecule has 0 saturated carbocycles. The van der Waals surface area contributed by atoms with Gasteiger partial charge in [-0.2, -0.15) is 0 Å². The van der Waals surface area contributed by atoms with Gasteiger partial charge in [0.25, 0.3) is 0 Å². The van der Waals surface area contributed by atoms with E-state index in [1.807, 2.05) is 0 Å². The number of carbonyl (C=O) groups is 1. The zero-order valence-electron chi connectivity index (χ0n) is 14.3. The molecule has 0 saturated heterocycles. The van der Waals surface area contributed by atoms with Crippen LogP contribution in [-0.2, 0) is 11.2 Å². The minimum Gasteiger partial charge on any atom is -0.312 e. The van der Waals surface area contributed by atoms with Crippen LogP contribution in [0.3, 0.4) is 0 Å². The van der Waals surface area contributed by atoms with E-state index in [4.69, 9.17) is 0 Å². The van der Waals surface area contributed by atoms with Crippen LogP contribution in [-0.4, -0.2) is 12.5 Å². The third kappa shape index (κ3) is 4.34. The van der Waals surface area contributed by atoms with Crippen LogP contribution in [0.4, 0.5) is 5.69 Å². The van der Waals surface area contributed by atoms with Crippen molar-refractivity contribution in [3.8, 4) is 0 Å². The summed E-state index contributed by atoms with van der Waals surface area (Å²) in [6, 6.07) is 8.50. The molecule has 1 aliphatic rings. The molecule has 1 aliphatic heterocycles. The number of hydrogen-bond donors (Lipinski definition) is 0. The van der Waals surface area contributed by atoms with Crippen LogP contribution in [0, 0.1) is 5.92 Å². The molecule has 1 amide bonds. The van der Waals surface area contributed by atoms with Gasteiger partial charge in [0, 0.05) is 18.2 Å². The molecule has 0 fully saturated rings. The quantitative estimate of drug-likeness (QED) is 0.648. The second-order valence-corrected chi connectivity index (χ2v) is 6.53. The highest BCUT2D eigenvalue weighted by molar-refractivity contribution is 5.95. The normalized spacial score (nSPS) is 16.5. The highest BCUT2D eigenvalue weighted by atomic mass is 16.2. The number of carbonyl (C=O) groups excluding carboxylic acids is 1. The van der Waals surface area contributed by atoms with Crippen molar-refractivity contribution >= 4 is 11.6 Å².